The molecule has 2 fully saturated rings. The molecule has 0 saturated heterocycles. The molecule has 0 aromatic rings. The van der Waals surface area contributed by atoms with Gasteiger partial charge in [-0.3, -0.25) is 9.59 Å². The molecule has 0 amide bonds. The van der Waals surface area contributed by atoms with Crippen LogP contribution in [0.15, 0.2) is 23.1 Å². The van der Waals surface area contributed by atoms with E-state index in [4.69, 9.17) is 0 Å². The average Bonchev–Trinajstić information content (AvgIpc) is 3.11. The molecule has 0 unspecified atom stereocenters. The van der Waals surface area contributed by atoms with Crippen LogP contribution < -0.4 is 0 Å². The van der Waals surface area contributed by atoms with Crippen LogP contribution in [0.3, 0.4) is 0 Å². The number of carbonyl (C=O) groups excluding carboxylic acids is 2. The van der Waals surface area contributed by atoms with Gasteiger partial charge in [0.15, 0.2) is 5.78 Å². The molecule has 3 aliphatic carbocycles. The van der Waals surface area contributed by atoms with Gasteiger partial charge >= 0.3 is 0 Å². The maximum atomic E-state index is 12.9. The van der Waals surface area contributed by atoms with Gasteiger partial charge in [0, 0.05) is 30.1 Å². The van der Waals surface area contributed by atoms with Crippen LogP contribution >= 0.6 is 11.8 Å². The lowest BCUT2D eigenvalue weighted by atomic mass is 9.68. The smallest absolute Gasteiger partial charge is 0.151 e. The van der Waals surface area contributed by atoms with E-state index in [1.165, 1.54) is 18.4 Å². The highest BCUT2D eigenvalue weighted by Crippen LogP contribution is 2.73. The summed E-state index contributed by atoms with van der Waals surface area (Å²) in [6.07, 6.45) is 9.28. The maximum Gasteiger partial charge on any atom is 0.151 e. The first kappa shape index (κ1) is 13.8. The molecule has 4 rings (SSSR count). The number of unbranched alkanes of at least 4 members (excludes halogenated alkanes) is 1. The van der Waals surface area contributed by atoms with E-state index in [1.807, 2.05) is 0 Å². The Morgan fingerprint density at radius 1 is 1.33 bits per heavy atom. The van der Waals surface area contributed by atoms with E-state index in [2.05, 4.69) is 31.4 Å². The Morgan fingerprint density at radius 2 is 2.14 bits per heavy atom. The molecule has 21 heavy (non-hydrogen) atoms. The normalized spacial score (nSPS) is 46.8. The minimum atomic E-state index is -0.369. The van der Waals surface area contributed by atoms with Crippen LogP contribution in [0, 0.1) is 23.2 Å². The molecule has 0 N–H and O–H groups in total. The zero-order chi connectivity index (χ0) is 14.8. The first-order valence-electron chi connectivity index (χ1n) is 8.20. The summed E-state index contributed by atoms with van der Waals surface area (Å²) in [6, 6.07) is 0. The molecule has 0 aromatic carbocycles. The summed E-state index contributed by atoms with van der Waals surface area (Å²) in [7, 11) is 0. The van der Waals surface area contributed by atoms with Gasteiger partial charge in [-0.25, -0.2) is 0 Å². The third-order valence-electron chi connectivity index (χ3n) is 6.42. The first-order chi connectivity index (χ1) is 10.1. The Morgan fingerprint density at radius 3 is 2.90 bits per heavy atom. The fourth-order valence-electron chi connectivity index (χ4n) is 5.48. The second kappa shape index (κ2) is 4.34. The molecule has 1 heterocycles. The van der Waals surface area contributed by atoms with Crippen LogP contribution in [0.2, 0.25) is 0 Å². The van der Waals surface area contributed by atoms with Crippen molar-refractivity contribution in [2.24, 2.45) is 23.2 Å². The van der Waals surface area contributed by atoms with Gasteiger partial charge in [0.2, 0.25) is 0 Å². The highest BCUT2D eigenvalue weighted by molar-refractivity contribution is 8.04. The van der Waals surface area contributed by atoms with E-state index in [-0.39, 0.29) is 27.9 Å². The van der Waals surface area contributed by atoms with Gasteiger partial charge in [-0.2, -0.15) is 0 Å². The summed E-state index contributed by atoms with van der Waals surface area (Å²) in [4.78, 5) is 25.3. The number of rotatable bonds is 3. The highest BCUT2D eigenvalue weighted by atomic mass is 32.2. The number of hydrogen-bond acceptors (Lipinski definition) is 3. The Balaban J connectivity index is 1.87. The van der Waals surface area contributed by atoms with Crippen molar-refractivity contribution < 1.29 is 9.59 Å². The first-order valence-corrected chi connectivity index (χ1v) is 9.08. The fraction of sp³-hybridized carbons (Fsp3) is 0.667. The van der Waals surface area contributed by atoms with Gasteiger partial charge in [-0.1, -0.05) is 38.0 Å². The summed E-state index contributed by atoms with van der Waals surface area (Å²) in [5.41, 5.74) is 1.24. The second-order valence-corrected chi connectivity index (χ2v) is 8.28. The SMILES string of the molecule is CCCCC1=C[C@]23[C@H](CC(=O)[C@H]2C)CC(=O)[C@]32SC=C[C@H]12. The Bertz CT molecular complexity index is 590. The lowest BCUT2D eigenvalue weighted by Crippen LogP contribution is -2.49. The van der Waals surface area contributed by atoms with Crippen LogP contribution in [0.25, 0.3) is 0 Å². The largest absolute Gasteiger partial charge is 0.299 e. The van der Waals surface area contributed by atoms with Crippen molar-refractivity contribution in [1.29, 1.82) is 0 Å². The summed E-state index contributed by atoms with van der Waals surface area (Å²) in [5, 5.41) is 2.13. The van der Waals surface area contributed by atoms with Crippen molar-refractivity contribution in [3.63, 3.8) is 0 Å². The molecule has 5 atom stereocenters. The molecule has 2 saturated carbocycles. The summed E-state index contributed by atoms with van der Waals surface area (Å²) >= 11 is 1.71. The molecule has 2 spiro atoms. The molecule has 3 heteroatoms. The molecule has 0 bridgehead atoms. The van der Waals surface area contributed by atoms with Crippen molar-refractivity contribution in [2.45, 2.75) is 50.7 Å². The third-order valence-corrected chi connectivity index (χ3v) is 7.92. The van der Waals surface area contributed by atoms with Gasteiger partial charge in [-0.05, 0) is 24.2 Å². The van der Waals surface area contributed by atoms with Gasteiger partial charge in [0.05, 0.1) is 4.75 Å². The van der Waals surface area contributed by atoms with Crippen LogP contribution in [-0.2, 0) is 9.59 Å². The van der Waals surface area contributed by atoms with Crippen LogP contribution in [0.1, 0.15) is 46.0 Å². The van der Waals surface area contributed by atoms with E-state index in [0.29, 0.717) is 24.4 Å². The Labute approximate surface area is 130 Å². The monoisotopic (exact) mass is 302 g/mol. The predicted molar refractivity (Wildman–Crippen MR) is 84.9 cm³/mol. The molecule has 0 aromatic heterocycles. The highest BCUT2D eigenvalue weighted by Gasteiger charge is 2.75. The van der Waals surface area contributed by atoms with Crippen LogP contribution in [0.5, 0.6) is 0 Å². The van der Waals surface area contributed by atoms with Crippen LogP contribution in [-0.4, -0.2) is 16.3 Å². The predicted octanol–water partition coefficient (Wildman–Crippen LogP) is 3.92. The van der Waals surface area contributed by atoms with Crippen molar-refractivity contribution >= 4 is 23.3 Å². The molecule has 112 valence electrons. The number of allylic oxidation sites excluding steroid dienone is 3. The van der Waals surface area contributed by atoms with Crippen molar-refractivity contribution in [3.05, 3.63) is 23.1 Å². The van der Waals surface area contributed by atoms with E-state index in [1.54, 1.807) is 11.8 Å². The average molecular weight is 302 g/mol. The maximum absolute atomic E-state index is 12.9. The minimum absolute atomic E-state index is 0.00276. The molecule has 4 aliphatic rings. The fourth-order valence-corrected chi connectivity index (χ4v) is 7.12. The van der Waals surface area contributed by atoms with Crippen LogP contribution in [0.4, 0.5) is 0 Å². The topological polar surface area (TPSA) is 34.1 Å². The van der Waals surface area contributed by atoms with E-state index in [0.717, 1.165) is 6.42 Å². The van der Waals surface area contributed by atoms with Crippen molar-refractivity contribution in [1.82, 2.24) is 0 Å². The standard InChI is InChI=1S/C18H22O2S/c1-3-4-5-12-10-17-11(2)15(19)8-13(17)9-16(20)18(17)14(12)6-7-21-18/h6-7,10-11,13-14H,3-5,8-9H2,1-2H3/t11-,13-,14-,17-,18+/m1/s1. The summed E-state index contributed by atoms with van der Waals surface area (Å²) in [5.74, 6) is 1.27. The van der Waals surface area contributed by atoms with Gasteiger partial charge in [-0.15, -0.1) is 11.8 Å². The zero-order valence-corrected chi connectivity index (χ0v) is 13.5. The second-order valence-electron chi connectivity index (χ2n) is 7.13. The third kappa shape index (κ3) is 1.37. The number of Topliss-reactive ketones (excluding diaryl/α,β-unsaturated/α-hetero) is 2. The number of carbonyl (C=O) groups is 2. The lowest BCUT2D eigenvalue weighted by Gasteiger charge is -2.41. The Hall–Kier alpha value is -0.830. The molecular formula is C18H22O2S. The van der Waals surface area contributed by atoms with E-state index < -0.39 is 0 Å². The number of ketones is 2. The van der Waals surface area contributed by atoms with Gasteiger partial charge < -0.3 is 0 Å². The van der Waals surface area contributed by atoms with Crippen molar-refractivity contribution in [2.75, 3.05) is 0 Å². The van der Waals surface area contributed by atoms with Gasteiger partial charge in [0.25, 0.3) is 0 Å². The Kier molecular flexibility index (Phi) is 2.86. The summed E-state index contributed by atoms with van der Waals surface area (Å²) in [6.45, 7) is 4.27. The number of hydrogen-bond donors (Lipinski definition) is 0. The quantitative estimate of drug-likeness (QED) is 0.741. The molecular weight excluding hydrogens is 280 g/mol. The van der Waals surface area contributed by atoms with E-state index in [9.17, 15) is 9.59 Å². The number of thioether (sulfide) groups is 1. The molecule has 1 aliphatic heterocycles. The molecule has 0 radical (unpaired) electrons. The zero-order valence-electron chi connectivity index (χ0n) is 12.7. The van der Waals surface area contributed by atoms with Gasteiger partial charge in [0.1, 0.15) is 5.78 Å². The van der Waals surface area contributed by atoms with Crippen molar-refractivity contribution in [3.8, 4) is 0 Å². The summed E-state index contributed by atoms with van der Waals surface area (Å²) < 4.78 is -0.369. The minimum Gasteiger partial charge on any atom is -0.299 e. The lowest BCUT2D eigenvalue weighted by molar-refractivity contribution is -0.124. The molecule has 2 nitrogen and oxygen atoms in total. The van der Waals surface area contributed by atoms with E-state index >= 15 is 0 Å².